The number of aromatic nitrogens is 2. The summed E-state index contributed by atoms with van der Waals surface area (Å²) in [5, 5.41) is 3.68. The van der Waals surface area contributed by atoms with Crippen LogP contribution < -0.4 is 11.2 Å². The molecule has 0 aliphatic heterocycles. The van der Waals surface area contributed by atoms with Gasteiger partial charge in [-0.1, -0.05) is 0 Å². The molecule has 0 saturated carbocycles. The third kappa shape index (κ3) is 2.00. The van der Waals surface area contributed by atoms with Crippen LogP contribution in [-0.2, 0) is 0 Å². The minimum absolute atomic E-state index is 0.694. The number of fused-ring (bicyclic) bond motifs is 1. The number of carbonyl (C=O) groups excluding carboxylic acids is 1. The van der Waals surface area contributed by atoms with E-state index >= 15 is 0 Å². The summed E-state index contributed by atoms with van der Waals surface area (Å²) in [5.41, 5.74) is 9.74. The highest BCUT2D eigenvalue weighted by molar-refractivity contribution is 5.80. The zero-order chi connectivity index (χ0) is 11.5. The van der Waals surface area contributed by atoms with Gasteiger partial charge in [-0.2, -0.15) is 5.10 Å². The fourth-order valence-corrected chi connectivity index (χ4v) is 1.36. The maximum Gasteiger partial charge on any atom is 0.332 e. The summed E-state index contributed by atoms with van der Waals surface area (Å²) >= 11 is 0. The second-order valence-corrected chi connectivity index (χ2v) is 3.35. The third-order valence-electron chi connectivity index (χ3n) is 2.07. The Morgan fingerprint density at radius 2 is 2.50 bits per heavy atom. The van der Waals surface area contributed by atoms with Crippen molar-refractivity contribution in [3.63, 3.8) is 0 Å². The fraction of sp³-hybridized carbons (Fsp3) is 0.100. The van der Waals surface area contributed by atoms with Gasteiger partial charge >= 0.3 is 6.03 Å². The molecule has 6 nitrogen and oxygen atoms in total. The Hall–Kier alpha value is -2.37. The number of primary amides is 1. The molecule has 0 aromatic carbocycles. The topological polar surface area (TPSA) is 84.8 Å². The second-order valence-electron chi connectivity index (χ2n) is 3.35. The summed E-state index contributed by atoms with van der Waals surface area (Å²) in [5.74, 6) is 0. The minimum Gasteiger partial charge on any atom is -0.350 e. The molecule has 0 bridgehead atoms. The van der Waals surface area contributed by atoms with Gasteiger partial charge in [0.25, 0.3) is 0 Å². The number of pyridine rings is 1. The predicted octanol–water partition coefficient (Wildman–Crippen LogP) is 0.645. The zero-order valence-corrected chi connectivity index (χ0v) is 8.71. The van der Waals surface area contributed by atoms with E-state index in [1.54, 1.807) is 6.20 Å². The van der Waals surface area contributed by atoms with E-state index in [2.05, 4.69) is 15.5 Å². The molecule has 2 rings (SSSR count). The number of urea groups is 1. The standard InChI is InChI=1S/C10H11N5O/c1-7-2-3-15-8(5-12-9(15)4-7)6-13-14-10(11)16/h2-6H,1H3,(H3,11,14,16)/b13-6+. The Morgan fingerprint density at radius 3 is 3.25 bits per heavy atom. The van der Waals surface area contributed by atoms with E-state index in [9.17, 15) is 4.79 Å². The average Bonchev–Trinajstić information content (AvgIpc) is 2.60. The Kier molecular flexibility index (Phi) is 2.55. The van der Waals surface area contributed by atoms with Crippen molar-refractivity contribution in [1.29, 1.82) is 0 Å². The Bertz CT molecular complexity index is 557. The van der Waals surface area contributed by atoms with Crippen molar-refractivity contribution in [2.75, 3.05) is 0 Å². The number of nitrogens with one attached hydrogen (secondary N) is 1. The zero-order valence-electron chi connectivity index (χ0n) is 8.71. The van der Waals surface area contributed by atoms with Gasteiger partial charge in [-0.15, -0.1) is 0 Å². The lowest BCUT2D eigenvalue weighted by atomic mass is 10.3. The first-order chi connectivity index (χ1) is 7.66. The van der Waals surface area contributed by atoms with Gasteiger partial charge in [-0.05, 0) is 24.6 Å². The summed E-state index contributed by atoms with van der Waals surface area (Å²) in [6.07, 6.45) is 5.05. The maximum atomic E-state index is 10.4. The van der Waals surface area contributed by atoms with E-state index in [4.69, 9.17) is 5.73 Å². The van der Waals surface area contributed by atoms with Crippen LogP contribution in [0.2, 0.25) is 0 Å². The number of hydrogen-bond acceptors (Lipinski definition) is 3. The highest BCUT2D eigenvalue weighted by atomic mass is 16.2. The van der Waals surface area contributed by atoms with Crippen LogP contribution in [0.5, 0.6) is 0 Å². The maximum absolute atomic E-state index is 10.4. The number of nitrogens with zero attached hydrogens (tertiary/aromatic N) is 3. The molecule has 82 valence electrons. The van der Waals surface area contributed by atoms with Gasteiger partial charge < -0.3 is 5.73 Å². The number of hydrazone groups is 1. The van der Waals surface area contributed by atoms with Crippen LogP contribution in [0.25, 0.3) is 5.65 Å². The van der Waals surface area contributed by atoms with Gasteiger partial charge in [-0.25, -0.2) is 15.2 Å². The molecule has 0 saturated heterocycles. The van der Waals surface area contributed by atoms with Crippen LogP contribution in [0.3, 0.4) is 0 Å². The van der Waals surface area contributed by atoms with Crippen LogP contribution in [0.4, 0.5) is 4.79 Å². The van der Waals surface area contributed by atoms with Crippen LogP contribution >= 0.6 is 0 Å². The third-order valence-corrected chi connectivity index (χ3v) is 2.07. The van der Waals surface area contributed by atoms with Gasteiger partial charge in [0.15, 0.2) is 0 Å². The molecule has 0 atom stereocenters. The van der Waals surface area contributed by atoms with Crippen molar-refractivity contribution in [2.24, 2.45) is 10.8 Å². The molecule has 2 aromatic rings. The van der Waals surface area contributed by atoms with Crippen LogP contribution in [-0.4, -0.2) is 21.6 Å². The molecule has 0 aliphatic rings. The van der Waals surface area contributed by atoms with Crippen molar-refractivity contribution in [1.82, 2.24) is 14.8 Å². The van der Waals surface area contributed by atoms with Crippen molar-refractivity contribution in [3.05, 3.63) is 35.8 Å². The van der Waals surface area contributed by atoms with Gasteiger partial charge in [0, 0.05) is 6.20 Å². The smallest absolute Gasteiger partial charge is 0.332 e. The van der Waals surface area contributed by atoms with E-state index in [1.165, 1.54) is 6.21 Å². The van der Waals surface area contributed by atoms with Gasteiger partial charge in [-0.3, -0.25) is 4.40 Å². The first-order valence-corrected chi connectivity index (χ1v) is 4.69. The highest BCUT2D eigenvalue weighted by Crippen LogP contribution is 2.07. The molecule has 0 unspecified atom stereocenters. The van der Waals surface area contributed by atoms with Crippen LogP contribution in [0.15, 0.2) is 29.6 Å². The molecule has 6 heteroatoms. The second kappa shape index (κ2) is 4.01. The molecular formula is C10H11N5O. The normalized spacial score (nSPS) is 11.1. The average molecular weight is 217 g/mol. The summed E-state index contributed by atoms with van der Waals surface area (Å²) in [4.78, 5) is 14.6. The molecule has 2 heterocycles. The van der Waals surface area contributed by atoms with Gasteiger partial charge in [0.05, 0.1) is 18.1 Å². The van der Waals surface area contributed by atoms with E-state index in [1.807, 2.05) is 29.7 Å². The fourth-order valence-electron chi connectivity index (χ4n) is 1.36. The number of aryl methyl sites for hydroxylation is 1. The number of nitrogens with two attached hydrogens (primary N) is 1. The van der Waals surface area contributed by atoms with E-state index in [0.717, 1.165) is 16.9 Å². The molecule has 0 aliphatic carbocycles. The van der Waals surface area contributed by atoms with Gasteiger partial charge in [0.2, 0.25) is 0 Å². The van der Waals surface area contributed by atoms with Crippen LogP contribution in [0.1, 0.15) is 11.3 Å². The lowest BCUT2D eigenvalue weighted by Gasteiger charge is -1.97. The number of hydrogen-bond donors (Lipinski definition) is 2. The minimum atomic E-state index is -0.694. The van der Waals surface area contributed by atoms with Gasteiger partial charge in [0.1, 0.15) is 5.65 Å². The van der Waals surface area contributed by atoms with E-state index in [-0.39, 0.29) is 0 Å². The van der Waals surface area contributed by atoms with Crippen molar-refractivity contribution in [3.8, 4) is 0 Å². The summed E-state index contributed by atoms with van der Waals surface area (Å²) in [6, 6.07) is 3.23. The van der Waals surface area contributed by atoms with E-state index < -0.39 is 6.03 Å². The first kappa shape index (κ1) is 10.2. The molecular weight excluding hydrogens is 206 g/mol. The highest BCUT2D eigenvalue weighted by Gasteiger charge is 2.00. The van der Waals surface area contributed by atoms with Crippen LogP contribution in [0, 0.1) is 6.92 Å². The molecule has 0 radical (unpaired) electrons. The Morgan fingerprint density at radius 1 is 1.69 bits per heavy atom. The molecule has 16 heavy (non-hydrogen) atoms. The Labute approximate surface area is 91.8 Å². The molecule has 0 fully saturated rings. The SMILES string of the molecule is Cc1ccn2c(/C=N/NC(N)=O)cnc2c1. The molecule has 3 N–H and O–H groups in total. The lowest BCUT2D eigenvalue weighted by molar-refractivity contribution is 0.249. The summed E-state index contributed by atoms with van der Waals surface area (Å²) in [6.45, 7) is 2.00. The molecule has 2 aromatic heterocycles. The van der Waals surface area contributed by atoms with Crippen molar-refractivity contribution < 1.29 is 4.79 Å². The summed E-state index contributed by atoms with van der Waals surface area (Å²) < 4.78 is 1.86. The lowest BCUT2D eigenvalue weighted by Crippen LogP contribution is -2.24. The number of rotatable bonds is 2. The molecule has 0 spiro atoms. The first-order valence-electron chi connectivity index (χ1n) is 4.69. The predicted molar refractivity (Wildman–Crippen MR) is 60.2 cm³/mol. The van der Waals surface area contributed by atoms with Crippen molar-refractivity contribution >= 4 is 17.9 Å². The van der Waals surface area contributed by atoms with Crippen molar-refractivity contribution in [2.45, 2.75) is 6.92 Å². The largest absolute Gasteiger partial charge is 0.350 e. The summed E-state index contributed by atoms with van der Waals surface area (Å²) in [7, 11) is 0. The quantitative estimate of drug-likeness (QED) is 0.571. The number of carbonyl (C=O) groups is 1. The Balaban J connectivity index is 2.32. The van der Waals surface area contributed by atoms with E-state index in [0.29, 0.717) is 0 Å². The monoisotopic (exact) mass is 217 g/mol. The molecule has 2 amide bonds. The number of amides is 2. The number of imidazole rings is 1.